The molecule has 1 saturated carbocycles. The van der Waals surface area contributed by atoms with Gasteiger partial charge in [0.05, 0.1) is 28.5 Å². The third-order valence-corrected chi connectivity index (χ3v) is 5.90. The molecule has 176 valence electrons. The van der Waals surface area contributed by atoms with Crippen LogP contribution in [-0.2, 0) is 17.9 Å². The first-order chi connectivity index (χ1) is 15.0. The molecule has 1 saturated heterocycles. The van der Waals surface area contributed by atoms with Crippen molar-refractivity contribution in [1.82, 2.24) is 29.9 Å². The maximum absolute atomic E-state index is 10.6. The first kappa shape index (κ1) is 24.1. The predicted molar refractivity (Wildman–Crippen MR) is 110 cm³/mol. The molecule has 0 spiro atoms. The zero-order valence-corrected chi connectivity index (χ0v) is 18.6. The molecule has 4 rings (SSSR count). The van der Waals surface area contributed by atoms with Crippen LogP contribution in [0.4, 0.5) is 13.2 Å². The number of aryl methyl sites for hydroxylation is 3. The lowest BCUT2D eigenvalue weighted by atomic mass is 9.96. The zero-order valence-electron chi connectivity index (χ0n) is 18.6. The lowest BCUT2D eigenvalue weighted by Crippen LogP contribution is -2.35. The number of carbonyl (C=O) groups is 1. The van der Waals surface area contributed by atoms with E-state index in [1.54, 1.807) is 0 Å². The van der Waals surface area contributed by atoms with Crippen molar-refractivity contribution in [2.24, 2.45) is 5.92 Å². The minimum Gasteiger partial charge on any atom is -0.475 e. The second kappa shape index (κ2) is 9.93. The highest BCUT2D eigenvalue weighted by molar-refractivity contribution is 5.73. The van der Waals surface area contributed by atoms with Gasteiger partial charge in [-0.1, -0.05) is 5.21 Å². The molecule has 0 aromatic carbocycles. The van der Waals surface area contributed by atoms with Crippen molar-refractivity contribution < 1.29 is 23.1 Å². The van der Waals surface area contributed by atoms with Crippen molar-refractivity contribution >= 4 is 5.97 Å². The highest BCUT2D eigenvalue weighted by Crippen LogP contribution is 2.38. The van der Waals surface area contributed by atoms with Crippen LogP contribution in [-0.4, -0.2) is 60.2 Å². The van der Waals surface area contributed by atoms with Gasteiger partial charge in [0.2, 0.25) is 0 Å². The molecule has 0 atom stereocenters. The largest absolute Gasteiger partial charge is 0.490 e. The number of piperidine rings is 1. The fraction of sp³-hybridized carbons (Fsp3) is 0.667. The minimum absolute atomic E-state index is 0.693. The van der Waals surface area contributed by atoms with Crippen LogP contribution in [0.3, 0.4) is 0 Å². The molecule has 2 fully saturated rings. The number of alkyl halides is 3. The monoisotopic (exact) mass is 454 g/mol. The summed E-state index contributed by atoms with van der Waals surface area (Å²) in [5, 5.41) is 15.8. The average Bonchev–Trinajstić information content (AvgIpc) is 3.46. The van der Waals surface area contributed by atoms with Crippen molar-refractivity contribution in [1.29, 1.82) is 0 Å². The van der Waals surface area contributed by atoms with Crippen molar-refractivity contribution in [3.05, 3.63) is 34.7 Å². The van der Waals surface area contributed by atoms with Gasteiger partial charge in [-0.15, -0.1) is 5.10 Å². The standard InChI is InChI=1S/C19H28N6.C2HF3O2/c1-13-14(2)21-18(15(3)20-13)11-24-8-6-16(7-9-24)10-25-12-19(22-23-25)17-4-5-17;3-2(4,5)1(6)7/h12,16-17H,4-11H2,1-3H3;(H,6,7). The summed E-state index contributed by atoms with van der Waals surface area (Å²) in [6, 6.07) is 0. The number of rotatable bonds is 5. The van der Waals surface area contributed by atoms with Crippen molar-refractivity contribution in [2.75, 3.05) is 13.1 Å². The van der Waals surface area contributed by atoms with Gasteiger partial charge in [-0.05, 0) is 65.5 Å². The molecule has 1 aliphatic carbocycles. The van der Waals surface area contributed by atoms with Gasteiger partial charge < -0.3 is 5.11 Å². The Kier molecular flexibility index (Phi) is 7.47. The van der Waals surface area contributed by atoms with Gasteiger partial charge in [0, 0.05) is 25.2 Å². The van der Waals surface area contributed by atoms with Crippen molar-refractivity contribution in [3.63, 3.8) is 0 Å². The van der Waals surface area contributed by atoms with Crippen LogP contribution in [0.15, 0.2) is 6.20 Å². The molecule has 8 nitrogen and oxygen atoms in total. The number of hydrogen-bond donors (Lipinski definition) is 1. The first-order valence-electron chi connectivity index (χ1n) is 10.8. The fourth-order valence-corrected chi connectivity index (χ4v) is 3.68. The number of likely N-dealkylation sites (tertiary alicyclic amines) is 1. The van der Waals surface area contributed by atoms with Gasteiger partial charge in [-0.3, -0.25) is 19.5 Å². The molecule has 0 amide bonds. The smallest absolute Gasteiger partial charge is 0.475 e. The molecular formula is C21H29F3N6O2. The summed E-state index contributed by atoms with van der Waals surface area (Å²) in [7, 11) is 0. The van der Waals surface area contributed by atoms with Crippen molar-refractivity contribution in [2.45, 2.75) is 71.6 Å². The molecule has 2 aromatic heterocycles. The van der Waals surface area contributed by atoms with Gasteiger partial charge in [0.25, 0.3) is 0 Å². The quantitative estimate of drug-likeness (QED) is 0.739. The molecule has 1 N–H and O–H groups in total. The minimum atomic E-state index is -5.08. The average molecular weight is 454 g/mol. The van der Waals surface area contributed by atoms with Gasteiger partial charge >= 0.3 is 12.1 Å². The normalized spacial score (nSPS) is 17.7. The number of carboxylic acids is 1. The highest BCUT2D eigenvalue weighted by atomic mass is 19.4. The van der Waals surface area contributed by atoms with Gasteiger partial charge in [0.15, 0.2) is 0 Å². The SMILES string of the molecule is Cc1nc(C)c(CN2CCC(Cn3cc(C4CC4)nn3)CC2)nc1C.O=C(O)C(F)(F)F. The second-order valence-corrected chi connectivity index (χ2v) is 8.59. The maximum atomic E-state index is 10.6. The van der Waals surface area contributed by atoms with Gasteiger partial charge in [-0.2, -0.15) is 13.2 Å². The Morgan fingerprint density at radius 3 is 2.22 bits per heavy atom. The van der Waals surface area contributed by atoms with E-state index in [-0.39, 0.29) is 0 Å². The number of carboxylic acid groups (broad SMARTS) is 1. The van der Waals surface area contributed by atoms with Crippen LogP contribution >= 0.6 is 0 Å². The number of halogens is 3. The van der Waals surface area contributed by atoms with E-state index in [0.717, 1.165) is 49.0 Å². The van der Waals surface area contributed by atoms with Crippen molar-refractivity contribution in [3.8, 4) is 0 Å². The third kappa shape index (κ3) is 6.72. The summed E-state index contributed by atoms with van der Waals surface area (Å²) in [5.41, 5.74) is 5.49. The van der Waals surface area contributed by atoms with E-state index >= 15 is 0 Å². The van der Waals surface area contributed by atoms with Crippen LogP contribution in [0.2, 0.25) is 0 Å². The number of aliphatic carboxylic acids is 1. The van der Waals surface area contributed by atoms with E-state index in [1.165, 1.54) is 31.4 Å². The van der Waals surface area contributed by atoms with E-state index in [4.69, 9.17) is 14.9 Å². The Bertz CT molecular complexity index is 934. The summed E-state index contributed by atoms with van der Waals surface area (Å²) in [6.45, 7) is 10.3. The molecule has 11 heteroatoms. The van der Waals surface area contributed by atoms with Crippen LogP contribution < -0.4 is 0 Å². The fourth-order valence-electron chi connectivity index (χ4n) is 3.68. The maximum Gasteiger partial charge on any atom is 0.490 e. The Morgan fingerprint density at radius 1 is 1.06 bits per heavy atom. The van der Waals surface area contributed by atoms with Crippen LogP contribution in [0, 0.1) is 26.7 Å². The van der Waals surface area contributed by atoms with Gasteiger partial charge in [0.1, 0.15) is 0 Å². The number of nitrogens with zero attached hydrogens (tertiary/aromatic N) is 6. The molecule has 2 aromatic rings. The Labute approximate surface area is 184 Å². The van der Waals surface area contributed by atoms with Crippen LogP contribution in [0.25, 0.3) is 0 Å². The first-order valence-corrected chi connectivity index (χ1v) is 10.8. The molecule has 3 heterocycles. The summed E-state index contributed by atoms with van der Waals surface area (Å²) in [6.07, 6.45) is 2.10. The second-order valence-electron chi connectivity index (χ2n) is 8.59. The van der Waals surface area contributed by atoms with E-state index in [0.29, 0.717) is 11.8 Å². The lowest BCUT2D eigenvalue weighted by molar-refractivity contribution is -0.192. The summed E-state index contributed by atoms with van der Waals surface area (Å²) in [4.78, 5) is 20.8. The zero-order chi connectivity index (χ0) is 23.5. The molecule has 1 aliphatic heterocycles. The molecule has 2 aliphatic rings. The van der Waals surface area contributed by atoms with E-state index in [9.17, 15) is 13.2 Å². The van der Waals surface area contributed by atoms with Crippen LogP contribution in [0.5, 0.6) is 0 Å². The Morgan fingerprint density at radius 2 is 1.66 bits per heavy atom. The summed E-state index contributed by atoms with van der Waals surface area (Å²) in [5.74, 6) is -1.36. The Balaban J connectivity index is 0.000000360. The summed E-state index contributed by atoms with van der Waals surface area (Å²) >= 11 is 0. The van der Waals surface area contributed by atoms with E-state index in [1.807, 2.05) is 13.8 Å². The molecular weight excluding hydrogens is 425 g/mol. The van der Waals surface area contributed by atoms with E-state index < -0.39 is 12.1 Å². The third-order valence-electron chi connectivity index (χ3n) is 5.90. The number of hydrogen-bond acceptors (Lipinski definition) is 6. The molecule has 0 radical (unpaired) electrons. The summed E-state index contributed by atoms with van der Waals surface area (Å²) < 4.78 is 33.8. The highest BCUT2D eigenvalue weighted by Gasteiger charge is 2.38. The molecule has 0 unspecified atom stereocenters. The number of aromatic nitrogens is 5. The molecule has 32 heavy (non-hydrogen) atoms. The van der Waals surface area contributed by atoms with E-state index in [2.05, 4.69) is 38.0 Å². The topological polar surface area (TPSA) is 97.0 Å². The van der Waals surface area contributed by atoms with Crippen LogP contribution in [0.1, 0.15) is 60.1 Å². The predicted octanol–water partition coefficient (Wildman–Crippen LogP) is 3.42. The molecule has 0 bridgehead atoms. The Hall–Kier alpha value is -2.56. The van der Waals surface area contributed by atoms with Gasteiger partial charge in [-0.25, -0.2) is 4.79 Å². The lowest BCUT2D eigenvalue weighted by Gasteiger charge is -2.31.